The van der Waals surface area contributed by atoms with Crippen molar-refractivity contribution in [3.63, 3.8) is 0 Å². The Morgan fingerprint density at radius 1 is 1.20 bits per heavy atom. The minimum atomic E-state index is -0.352. The number of piperidine rings is 1. The molecular weight excluding hydrogens is 340 g/mol. The smallest absolute Gasteiger partial charge is 0.230 e. The van der Waals surface area contributed by atoms with Crippen molar-refractivity contribution in [3.8, 4) is 5.75 Å². The van der Waals surface area contributed by atoms with E-state index in [9.17, 15) is 4.79 Å². The zero-order valence-electron chi connectivity index (χ0n) is 15.5. The Morgan fingerprint density at radius 2 is 1.84 bits per heavy atom. The van der Waals surface area contributed by atoms with Gasteiger partial charge in [-0.3, -0.25) is 4.79 Å². The molecule has 1 heterocycles. The van der Waals surface area contributed by atoms with Crippen LogP contribution in [0.25, 0.3) is 0 Å². The van der Waals surface area contributed by atoms with Crippen molar-refractivity contribution in [1.29, 1.82) is 0 Å². The van der Waals surface area contributed by atoms with E-state index in [1.165, 1.54) is 5.56 Å². The molecule has 0 aliphatic carbocycles. The Bertz CT molecular complexity index is 510. The van der Waals surface area contributed by atoms with Crippen LogP contribution in [-0.2, 0) is 16.0 Å². The van der Waals surface area contributed by atoms with Crippen LogP contribution in [0.15, 0.2) is 24.3 Å². The second-order valence-electron chi connectivity index (χ2n) is 6.64. The van der Waals surface area contributed by atoms with Crippen LogP contribution in [0.1, 0.15) is 24.8 Å². The van der Waals surface area contributed by atoms with Gasteiger partial charge in [-0.1, -0.05) is 12.1 Å². The number of benzene rings is 1. The molecule has 1 aromatic carbocycles. The molecule has 1 aliphatic rings. The molecule has 6 heteroatoms. The van der Waals surface area contributed by atoms with E-state index in [1.807, 2.05) is 24.1 Å². The topological polar surface area (TPSA) is 50.8 Å². The van der Waals surface area contributed by atoms with E-state index < -0.39 is 0 Å². The van der Waals surface area contributed by atoms with E-state index in [2.05, 4.69) is 17.4 Å². The number of methoxy groups -OCH3 is 2. The number of carbonyl (C=O) groups is 1. The molecule has 5 nitrogen and oxygen atoms in total. The number of nitrogens with zero attached hydrogens (tertiary/aromatic N) is 1. The Balaban J connectivity index is 0.00000312. The summed E-state index contributed by atoms with van der Waals surface area (Å²) in [6.07, 6.45) is 3.61. The SMILES string of the molecule is COCC1(C(=O)N(C)CCCc2ccc(OC)cc2)CCNCC1.Cl. The van der Waals surface area contributed by atoms with Crippen molar-refractivity contribution in [2.45, 2.75) is 25.7 Å². The summed E-state index contributed by atoms with van der Waals surface area (Å²) in [7, 11) is 5.27. The van der Waals surface area contributed by atoms with E-state index in [-0.39, 0.29) is 23.7 Å². The van der Waals surface area contributed by atoms with Crippen molar-refractivity contribution in [2.75, 3.05) is 47.5 Å². The lowest BCUT2D eigenvalue weighted by Gasteiger charge is -2.38. The Labute approximate surface area is 157 Å². The average Bonchev–Trinajstić information content (AvgIpc) is 2.62. The largest absolute Gasteiger partial charge is 0.497 e. The highest BCUT2D eigenvalue weighted by atomic mass is 35.5. The van der Waals surface area contributed by atoms with Crippen LogP contribution in [0.2, 0.25) is 0 Å². The van der Waals surface area contributed by atoms with Crippen molar-refractivity contribution in [2.24, 2.45) is 5.41 Å². The van der Waals surface area contributed by atoms with Gasteiger partial charge < -0.3 is 19.7 Å². The third-order valence-electron chi connectivity index (χ3n) is 4.90. The monoisotopic (exact) mass is 370 g/mol. The minimum Gasteiger partial charge on any atom is -0.497 e. The van der Waals surface area contributed by atoms with Crippen LogP contribution in [-0.4, -0.2) is 58.3 Å². The van der Waals surface area contributed by atoms with Crippen molar-refractivity contribution < 1.29 is 14.3 Å². The van der Waals surface area contributed by atoms with Gasteiger partial charge in [0.05, 0.1) is 19.1 Å². The molecular formula is C19H31ClN2O3. The fourth-order valence-electron chi connectivity index (χ4n) is 3.42. The summed E-state index contributed by atoms with van der Waals surface area (Å²) in [5.41, 5.74) is 0.916. The zero-order chi connectivity index (χ0) is 17.4. The number of hydrogen-bond acceptors (Lipinski definition) is 4. The molecule has 0 aromatic heterocycles. The molecule has 0 unspecified atom stereocenters. The first-order chi connectivity index (χ1) is 11.6. The molecule has 25 heavy (non-hydrogen) atoms. The second kappa shape index (κ2) is 10.6. The van der Waals surface area contributed by atoms with Crippen LogP contribution >= 0.6 is 12.4 Å². The molecule has 1 saturated heterocycles. The van der Waals surface area contributed by atoms with Gasteiger partial charge in [0.25, 0.3) is 0 Å². The fourth-order valence-corrected chi connectivity index (χ4v) is 3.42. The molecule has 0 atom stereocenters. The zero-order valence-corrected chi connectivity index (χ0v) is 16.4. The highest BCUT2D eigenvalue weighted by Crippen LogP contribution is 2.31. The molecule has 0 bridgehead atoms. The van der Waals surface area contributed by atoms with Gasteiger partial charge >= 0.3 is 0 Å². The molecule has 142 valence electrons. The quantitative estimate of drug-likeness (QED) is 0.764. The lowest BCUT2D eigenvalue weighted by molar-refractivity contribution is -0.146. The number of rotatable bonds is 8. The summed E-state index contributed by atoms with van der Waals surface area (Å²) in [5.74, 6) is 1.10. The summed E-state index contributed by atoms with van der Waals surface area (Å²) in [4.78, 5) is 14.8. The number of halogens is 1. The van der Waals surface area contributed by atoms with Gasteiger partial charge in [0.2, 0.25) is 5.91 Å². The average molecular weight is 371 g/mol. The van der Waals surface area contributed by atoms with Gasteiger partial charge in [-0.15, -0.1) is 12.4 Å². The Kier molecular flexibility index (Phi) is 9.25. The lowest BCUT2D eigenvalue weighted by atomic mass is 9.78. The van der Waals surface area contributed by atoms with E-state index >= 15 is 0 Å². The number of carbonyl (C=O) groups excluding carboxylic acids is 1. The van der Waals surface area contributed by atoms with Crippen LogP contribution in [0.4, 0.5) is 0 Å². The molecule has 1 fully saturated rings. The minimum absolute atomic E-state index is 0. The van der Waals surface area contributed by atoms with E-state index in [1.54, 1.807) is 14.2 Å². The second-order valence-corrected chi connectivity index (χ2v) is 6.64. The number of aryl methyl sites for hydroxylation is 1. The van der Waals surface area contributed by atoms with Gasteiger partial charge in [0.15, 0.2) is 0 Å². The van der Waals surface area contributed by atoms with E-state index in [0.717, 1.165) is 51.1 Å². The summed E-state index contributed by atoms with van der Waals surface area (Å²) >= 11 is 0. The number of ether oxygens (including phenoxy) is 2. The number of nitrogens with one attached hydrogen (secondary N) is 1. The van der Waals surface area contributed by atoms with Gasteiger partial charge in [-0.25, -0.2) is 0 Å². The van der Waals surface area contributed by atoms with E-state index in [4.69, 9.17) is 9.47 Å². The normalized spacial score (nSPS) is 16.0. The molecule has 1 amide bonds. The predicted molar refractivity (Wildman–Crippen MR) is 103 cm³/mol. The van der Waals surface area contributed by atoms with Crippen molar-refractivity contribution in [3.05, 3.63) is 29.8 Å². The third kappa shape index (κ3) is 5.87. The molecule has 0 radical (unpaired) electrons. The van der Waals surface area contributed by atoms with Crippen molar-refractivity contribution >= 4 is 18.3 Å². The first kappa shape index (κ1) is 21.7. The summed E-state index contributed by atoms with van der Waals surface area (Å²) in [5, 5.41) is 3.33. The standard InChI is InChI=1S/C19H30N2O3.ClH/c1-21(14-4-5-16-6-8-17(24-3)9-7-16)18(22)19(15-23-2)10-12-20-13-11-19;/h6-9,20H,4-5,10-15H2,1-3H3;1H. The van der Waals surface area contributed by atoms with Crippen molar-refractivity contribution in [1.82, 2.24) is 10.2 Å². The Hall–Kier alpha value is -1.30. The first-order valence-corrected chi connectivity index (χ1v) is 8.69. The van der Waals surface area contributed by atoms with Crippen LogP contribution in [0.3, 0.4) is 0 Å². The van der Waals surface area contributed by atoms with Crippen LogP contribution in [0.5, 0.6) is 5.75 Å². The molecule has 0 spiro atoms. The summed E-state index contributed by atoms with van der Waals surface area (Å²) in [6.45, 7) is 3.05. The fraction of sp³-hybridized carbons (Fsp3) is 0.632. The van der Waals surface area contributed by atoms with Crippen LogP contribution in [0, 0.1) is 5.41 Å². The highest BCUT2D eigenvalue weighted by molar-refractivity contribution is 5.85. The van der Waals surface area contributed by atoms with E-state index in [0.29, 0.717) is 6.61 Å². The van der Waals surface area contributed by atoms with Gasteiger partial charge in [0, 0.05) is 20.7 Å². The number of hydrogen-bond donors (Lipinski definition) is 1. The third-order valence-corrected chi connectivity index (χ3v) is 4.90. The highest BCUT2D eigenvalue weighted by Gasteiger charge is 2.41. The first-order valence-electron chi connectivity index (χ1n) is 8.69. The van der Waals surface area contributed by atoms with Gasteiger partial charge in [-0.05, 0) is 56.5 Å². The maximum absolute atomic E-state index is 12.9. The molecule has 2 rings (SSSR count). The predicted octanol–water partition coefficient (Wildman–Crippen LogP) is 2.52. The molecule has 0 saturated carbocycles. The molecule has 1 N–H and O–H groups in total. The maximum atomic E-state index is 12.9. The van der Waals surface area contributed by atoms with Gasteiger partial charge in [0.1, 0.15) is 5.75 Å². The summed E-state index contributed by atoms with van der Waals surface area (Å²) in [6, 6.07) is 8.12. The lowest BCUT2D eigenvalue weighted by Crippen LogP contribution is -2.50. The maximum Gasteiger partial charge on any atom is 0.230 e. The summed E-state index contributed by atoms with van der Waals surface area (Å²) < 4.78 is 10.5. The number of amides is 1. The molecule has 1 aliphatic heterocycles. The Morgan fingerprint density at radius 3 is 2.40 bits per heavy atom. The molecule has 1 aromatic rings. The van der Waals surface area contributed by atoms with Crippen LogP contribution < -0.4 is 10.1 Å². The van der Waals surface area contributed by atoms with Gasteiger partial charge in [-0.2, -0.15) is 0 Å².